The van der Waals surface area contributed by atoms with Crippen molar-refractivity contribution in [1.29, 1.82) is 0 Å². The summed E-state index contributed by atoms with van der Waals surface area (Å²) in [6.07, 6.45) is 4.84. The SMILES string of the molecule is Cc1ccc2nc(C)nc(N3CCc4ncc(-c5cnc(C)s5)cc4C3)c2c1. The summed E-state index contributed by atoms with van der Waals surface area (Å²) in [7, 11) is 0. The third-order valence-corrected chi connectivity index (χ3v) is 6.15. The van der Waals surface area contributed by atoms with Crippen LogP contribution in [0.5, 0.6) is 0 Å². The van der Waals surface area contributed by atoms with Crippen molar-refractivity contribution in [3.63, 3.8) is 0 Å². The summed E-state index contributed by atoms with van der Waals surface area (Å²) in [4.78, 5) is 22.1. The van der Waals surface area contributed by atoms with Crippen LogP contribution in [0.3, 0.4) is 0 Å². The number of anilines is 1. The first kappa shape index (κ1) is 17.3. The van der Waals surface area contributed by atoms with Gasteiger partial charge in [-0.3, -0.25) is 4.98 Å². The summed E-state index contributed by atoms with van der Waals surface area (Å²) in [6, 6.07) is 8.65. The predicted octanol–water partition coefficient (Wildman–Crippen LogP) is 4.64. The van der Waals surface area contributed by atoms with E-state index < -0.39 is 0 Å². The highest BCUT2D eigenvalue weighted by molar-refractivity contribution is 7.15. The normalized spacial score (nSPS) is 13.8. The average molecular weight is 388 g/mol. The molecule has 0 amide bonds. The number of benzene rings is 1. The second-order valence-electron chi connectivity index (χ2n) is 7.36. The lowest BCUT2D eigenvalue weighted by Gasteiger charge is -2.30. The molecule has 3 aromatic heterocycles. The molecule has 0 saturated carbocycles. The van der Waals surface area contributed by atoms with Gasteiger partial charge in [-0.25, -0.2) is 15.0 Å². The molecule has 6 heteroatoms. The number of aromatic nitrogens is 4. The number of fused-ring (bicyclic) bond motifs is 2. The van der Waals surface area contributed by atoms with Gasteiger partial charge in [-0.15, -0.1) is 11.3 Å². The number of hydrogen-bond acceptors (Lipinski definition) is 6. The maximum absolute atomic E-state index is 4.81. The molecule has 0 unspecified atom stereocenters. The number of aryl methyl sites for hydroxylation is 3. The molecular weight excluding hydrogens is 366 g/mol. The zero-order valence-corrected chi connectivity index (χ0v) is 17.0. The molecule has 1 aliphatic heterocycles. The minimum Gasteiger partial charge on any atom is -0.351 e. The van der Waals surface area contributed by atoms with Gasteiger partial charge in [0.15, 0.2) is 0 Å². The second-order valence-corrected chi connectivity index (χ2v) is 8.59. The molecule has 1 aromatic carbocycles. The number of nitrogens with zero attached hydrogens (tertiary/aromatic N) is 5. The van der Waals surface area contributed by atoms with Gasteiger partial charge in [-0.2, -0.15) is 0 Å². The minimum absolute atomic E-state index is 0.809. The minimum atomic E-state index is 0.809. The Labute approximate surface area is 168 Å². The van der Waals surface area contributed by atoms with E-state index in [2.05, 4.69) is 46.1 Å². The van der Waals surface area contributed by atoms with Crippen LogP contribution in [0.2, 0.25) is 0 Å². The molecule has 0 N–H and O–H groups in total. The third-order valence-electron chi connectivity index (χ3n) is 5.19. The molecule has 0 aliphatic carbocycles. The van der Waals surface area contributed by atoms with Crippen LogP contribution in [0.4, 0.5) is 5.82 Å². The topological polar surface area (TPSA) is 54.8 Å². The van der Waals surface area contributed by atoms with Gasteiger partial charge in [0.25, 0.3) is 0 Å². The van der Waals surface area contributed by atoms with Crippen LogP contribution < -0.4 is 4.90 Å². The van der Waals surface area contributed by atoms with Gasteiger partial charge in [0.05, 0.1) is 15.4 Å². The maximum atomic E-state index is 4.81. The van der Waals surface area contributed by atoms with E-state index in [1.807, 2.05) is 26.2 Å². The Bertz CT molecular complexity index is 1200. The van der Waals surface area contributed by atoms with Gasteiger partial charge < -0.3 is 4.90 Å². The molecule has 0 spiro atoms. The van der Waals surface area contributed by atoms with E-state index in [4.69, 9.17) is 9.97 Å². The Hall–Kier alpha value is -2.86. The Morgan fingerprint density at radius 3 is 2.71 bits per heavy atom. The molecule has 28 heavy (non-hydrogen) atoms. The van der Waals surface area contributed by atoms with Crippen LogP contribution in [0.15, 0.2) is 36.7 Å². The Morgan fingerprint density at radius 2 is 1.89 bits per heavy atom. The van der Waals surface area contributed by atoms with Crippen LogP contribution in [0.1, 0.15) is 27.7 Å². The van der Waals surface area contributed by atoms with Gasteiger partial charge in [-0.05, 0) is 44.5 Å². The molecule has 4 aromatic rings. The quantitative estimate of drug-likeness (QED) is 0.502. The number of thiazole rings is 1. The van der Waals surface area contributed by atoms with Crippen LogP contribution in [-0.4, -0.2) is 26.5 Å². The van der Waals surface area contributed by atoms with Crippen LogP contribution >= 0.6 is 11.3 Å². The third kappa shape index (κ3) is 3.03. The highest BCUT2D eigenvalue weighted by Gasteiger charge is 2.22. The van der Waals surface area contributed by atoms with Crippen molar-refractivity contribution < 1.29 is 0 Å². The van der Waals surface area contributed by atoms with E-state index in [1.54, 1.807) is 11.3 Å². The molecule has 4 heterocycles. The fraction of sp³-hybridized carbons (Fsp3) is 0.273. The highest BCUT2D eigenvalue weighted by atomic mass is 32.1. The molecular formula is C22H21N5S. The van der Waals surface area contributed by atoms with E-state index in [9.17, 15) is 0 Å². The van der Waals surface area contributed by atoms with Crippen molar-refractivity contribution >= 4 is 28.1 Å². The molecule has 0 bridgehead atoms. The Kier molecular flexibility index (Phi) is 4.09. The van der Waals surface area contributed by atoms with E-state index in [0.717, 1.165) is 52.6 Å². The first-order valence-corrected chi connectivity index (χ1v) is 10.3. The Morgan fingerprint density at radius 1 is 1.00 bits per heavy atom. The molecule has 0 saturated heterocycles. The lowest BCUT2D eigenvalue weighted by atomic mass is 10.0. The number of rotatable bonds is 2. The van der Waals surface area contributed by atoms with E-state index in [-0.39, 0.29) is 0 Å². The molecule has 5 rings (SSSR count). The molecule has 0 fully saturated rings. The molecule has 5 nitrogen and oxygen atoms in total. The number of hydrogen-bond donors (Lipinski definition) is 0. The average Bonchev–Trinajstić information content (AvgIpc) is 3.13. The monoisotopic (exact) mass is 387 g/mol. The standard InChI is InChI=1S/C22H21N5S/c1-13-4-5-20-18(8-13)22(26-14(2)25-20)27-7-6-19-17(12-27)9-16(10-24-19)21-11-23-15(3)28-21/h4-5,8-11H,6-7,12H2,1-3H3. The van der Waals surface area contributed by atoms with Crippen molar-refractivity contribution in [2.45, 2.75) is 33.7 Å². The van der Waals surface area contributed by atoms with Gasteiger partial charge in [0.2, 0.25) is 0 Å². The largest absolute Gasteiger partial charge is 0.351 e. The zero-order valence-electron chi connectivity index (χ0n) is 16.2. The second kappa shape index (κ2) is 6.63. The molecule has 1 aliphatic rings. The highest BCUT2D eigenvalue weighted by Crippen LogP contribution is 2.32. The van der Waals surface area contributed by atoms with Crippen molar-refractivity contribution in [3.05, 3.63) is 64.3 Å². The summed E-state index contributed by atoms with van der Waals surface area (Å²) in [5.74, 6) is 1.83. The summed E-state index contributed by atoms with van der Waals surface area (Å²) >= 11 is 1.71. The molecule has 140 valence electrons. The fourth-order valence-corrected chi connectivity index (χ4v) is 4.58. The van der Waals surface area contributed by atoms with E-state index in [0.29, 0.717) is 0 Å². The van der Waals surface area contributed by atoms with Gasteiger partial charge in [-0.1, -0.05) is 11.6 Å². The summed E-state index contributed by atoms with van der Waals surface area (Å²) < 4.78 is 0. The van der Waals surface area contributed by atoms with Crippen molar-refractivity contribution in [2.24, 2.45) is 0 Å². The van der Waals surface area contributed by atoms with Crippen molar-refractivity contribution in [1.82, 2.24) is 19.9 Å². The van der Waals surface area contributed by atoms with Crippen molar-refractivity contribution in [3.8, 4) is 10.4 Å². The van der Waals surface area contributed by atoms with E-state index in [1.165, 1.54) is 21.7 Å². The van der Waals surface area contributed by atoms with Gasteiger partial charge in [0.1, 0.15) is 11.6 Å². The van der Waals surface area contributed by atoms with Crippen LogP contribution in [-0.2, 0) is 13.0 Å². The first-order chi connectivity index (χ1) is 13.6. The maximum Gasteiger partial charge on any atom is 0.140 e. The summed E-state index contributed by atoms with van der Waals surface area (Å²) in [6.45, 7) is 7.84. The predicted molar refractivity (Wildman–Crippen MR) is 114 cm³/mol. The van der Waals surface area contributed by atoms with Crippen LogP contribution in [0.25, 0.3) is 21.3 Å². The van der Waals surface area contributed by atoms with Crippen LogP contribution in [0, 0.1) is 20.8 Å². The first-order valence-electron chi connectivity index (χ1n) is 9.47. The summed E-state index contributed by atoms with van der Waals surface area (Å²) in [5.41, 5.74) is 5.83. The molecule has 0 radical (unpaired) electrons. The lowest BCUT2D eigenvalue weighted by molar-refractivity contribution is 0.703. The Balaban J connectivity index is 1.55. The molecule has 0 atom stereocenters. The fourth-order valence-electron chi connectivity index (χ4n) is 3.82. The smallest absolute Gasteiger partial charge is 0.140 e. The van der Waals surface area contributed by atoms with Gasteiger partial charge in [0, 0.05) is 48.5 Å². The number of pyridine rings is 1. The van der Waals surface area contributed by atoms with Gasteiger partial charge >= 0.3 is 0 Å². The summed E-state index contributed by atoms with van der Waals surface area (Å²) in [5, 5.41) is 2.20. The van der Waals surface area contributed by atoms with E-state index >= 15 is 0 Å². The zero-order chi connectivity index (χ0) is 19.3. The lowest BCUT2D eigenvalue weighted by Crippen LogP contribution is -2.32. The van der Waals surface area contributed by atoms with Crippen molar-refractivity contribution in [2.75, 3.05) is 11.4 Å².